The van der Waals surface area contributed by atoms with E-state index in [2.05, 4.69) is 15.3 Å². The zero-order valence-electron chi connectivity index (χ0n) is 9.89. The number of rotatable bonds is 2. The Morgan fingerprint density at radius 1 is 1.32 bits per heavy atom. The summed E-state index contributed by atoms with van der Waals surface area (Å²) in [4.78, 5) is 19.9. The predicted molar refractivity (Wildman–Crippen MR) is 70.6 cm³/mol. The highest BCUT2D eigenvalue weighted by molar-refractivity contribution is 6.29. The topological polar surface area (TPSA) is 64.1 Å². The van der Waals surface area contributed by atoms with E-state index in [0.29, 0.717) is 18.0 Å². The lowest BCUT2D eigenvalue weighted by atomic mass is 10.1. The molecule has 96 valence electrons. The number of carbonyl (C=O) groups excluding carboxylic acids is 1. The molecule has 2 aromatic rings. The first-order valence-electron chi connectivity index (χ1n) is 5.77. The fourth-order valence-corrected chi connectivity index (χ4v) is 1.99. The van der Waals surface area contributed by atoms with E-state index in [1.165, 1.54) is 12.4 Å². The number of hydrogen-bond acceptors (Lipinski definition) is 4. The number of halogens is 1. The van der Waals surface area contributed by atoms with Crippen LogP contribution in [-0.2, 0) is 6.42 Å². The van der Waals surface area contributed by atoms with E-state index in [9.17, 15) is 4.79 Å². The summed E-state index contributed by atoms with van der Waals surface area (Å²) >= 11 is 5.63. The van der Waals surface area contributed by atoms with Gasteiger partial charge in [0.25, 0.3) is 5.91 Å². The quantitative estimate of drug-likeness (QED) is 0.913. The van der Waals surface area contributed by atoms with E-state index in [-0.39, 0.29) is 11.1 Å². The lowest BCUT2D eigenvalue weighted by Crippen LogP contribution is -2.13. The zero-order chi connectivity index (χ0) is 13.2. The number of fused-ring (bicyclic) bond motifs is 1. The van der Waals surface area contributed by atoms with Crippen molar-refractivity contribution in [2.75, 3.05) is 11.9 Å². The Morgan fingerprint density at radius 3 is 3.00 bits per heavy atom. The van der Waals surface area contributed by atoms with Gasteiger partial charge in [0.05, 0.1) is 19.0 Å². The number of ether oxygens (including phenoxy) is 1. The molecule has 1 aliphatic rings. The molecule has 0 fully saturated rings. The van der Waals surface area contributed by atoms with E-state index in [1.54, 1.807) is 6.07 Å². The lowest BCUT2D eigenvalue weighted by molar-refractivity contribution is 0.102. The fraction of sp³-hybridized carbons (Fsp3) is 0.154. The Bertz CT molecular complexity index is 628. The highest BCUT2D eigenvalue weighted by Crippen LogP contribution is 2.26. The third-order valence-corrected chi connectivity index (χ3v) is 3.01. The number of benzene rings is 1. The van der Waals surface area contributed by atoms with Crippen molar-refractivity contribution in [1.82, 2.24) is 9.97 Å². The van der Waals surface area contributed by atoms with Gasteiger partial charge in [0.2, 0.25) is 0 Å². The third-order valence-electron chi connectivity index (χ3n) is 2.81. The van der Waals surface area contributed by atoms with Gasteiger partial charge in [0.15, 0.2) is 5.82 Å². The number of aromatic nitrogens is 2. The molecular formula is C13H10ClN3O2. The van der Waals surface area contributed by atoms with Gasteiger partial charge < -0.3 is 10.1 Å². The molecular weight excluding hydrogens is 266 g/mol. The normalized spacial score (nSPS) is 12.7. The Morgan fingerprint density at radius 2 is 2.21 bits per heavy atom. The van der Waals surface area contributed by atoms with Crippen molar-refractivity contribution in [3.63, 3.8) is 0 Å². The Balaban J connectivity index is 1.78. The molecule has 1 aromatic heterocycles. The molecule has 0 spiro atoms. The second kappa shape index (κ2) is 4.85. The van der Waals surface area contributed by atoms with Gasteiger partial charge in [0.1, 0.15) is 10.9 Å². The Kier molecular flexibility index (Phi) is 3.05. The predicted octanol–water partition coefficient (Wildman–Crippen LogP) is 2.32. The van der Waals surface area contributed by atoms with Crippen molar-refractivity contribution in [3.8, 4) is 5.75 Å². The highest BCUT2D eigenvalue weighted by Gasteiger charge is 2.15. The SMILES string of the molecule is O=C(Nc1cnc(Cl)cn1)c1ccc2c(c1)CCO2. The minimum atomic E-state index is -0.230. The molecule has 1 aliphatic heterocycles. The standard InChI is InChI=1S/C13H10ClN3O2/c14-11-6-16-12(7-15-11)17-13(18)9-1-2-10-8(5-9)3-4-19-10/h1-2,5-7H,3-4H2,(H,16,17,18). The van der Waals surface area contributed by atoms with Gasteiger partial charge in [-0.25, -0.2) is 9.97 Å². The van der Waals surface area contributed by atoms with E-state index < -0.39 is 0 Å². The minimum absolute atomic E-state index is 0.230. The Hall–Kier alpha value is -2.14. The maximum absolute atomic E-state index is 12.0. The average molecular weight is 276 g/mol. The zero-order valence-corrected chi connectivity index (χ0v) is 10.6. The van der Waals surface area contributed by atoms with Crippen LogP contribution in [0, 0.1) is 0 Å². The van der Waals surface area contributed by atoms with Crippen LogP contribution in [0.25, 0.3) is 0 Å². The summed E-state index contributed by atoms with van der Waals surface area (Å²) in [5, 5.41) is 2.95. The van der Waals surface area contributed by atoms with Crippen LogP contribution < -0.4 is 10.1 Å². The average Bonchev–Trinajstić information content (AvgIpc) is 2.88. The first kappa shape index (κ1) is 11.9. The van der Waals surface area contributed by atoms with Crippen molar-refractivity contribution < 1.29 is 9.53 Å². The minimum Gasteiger partial charge on any atom is -0.493 e. The van der Waals surface area contributed by atoms with Crippen LogP contribution in [0.3, 0.4) is 0 Å². The van der Waals surface area contributed by atoms with Gasteiger partial charge in [-0.2, -0.15) is 0 Å². The molecule has 0 aliphatic carbocycles. The summed E-state index contributed by atoms with van der Waals surface area (Å²) in [5.41, 5.74) is 1.62. The number of nitrogens with one attached hydrogen (secondary N) is 1. The van der Waals surface area contributed by atoms with Crippen molar-refractivity contribution >= 4 is 23.3 Å². The largest absolute Gasteiger partial charge is 0.493 e. The van der Waals surface area contributed by atoms with E-state index in [0.717, 1.165) is 17.7 Å². The molecule has 0 unspecified atom stereocenters. The second-order valence-electron chi connectivity index (χ2n) is 4.10. The molecule has 0 bridgehead atoms. The number of carbonyl (C=O) groups is 1. The lowest BCUT2D eigenvalue weighted by Gasteiger charge is -2.05. The maximum Gasteiger partial charge on any atom is 0.256 e. The molecule has 0 atom stereocenters. The molecule has 0 radical (unpaired) electrons. The highest BCUT2D eigenvalue weighted by atomic mass is 35.5. The van der Waals surface area contributed by atoms with Crippen molar-refractivity contribution in [3.05, 3.63) is 46.9 Å². The first-order valence-corrected chi connectivity index (χ1v) is 6.15. The third kappa shape index (κ3) is 2.51. The monoisotopic (exact) mass is 275 g/mol. The van der Waals surface area contributed by atoms with E-state index >= 15 is 0 Å². The molecule has 1 amide bonds. The van der Waals surface area contributed by atoms with Crippen LogP contribution in [0.1, 0.15) is 15.9 Å². The van der Waals surface area contributed by atoms with Crippen molar-refractivity contribution in [2.24, 2.45) is 0 Å². The summed E-state index contributed by atoms with van der Waals surface area (Å²) in [6.45, 7) is 0.670. The molecule has 19 heavy (non-hydrogen) atoms. The summed E-state index contributed by atoms with van der Waals surface area (Å²) < 4.78 is 5.40. The van der Waals surface area contributed by atoms with Gasteiger partial charge in [0, 0.05) is 12.0 Å². The smallest absolute Gasteiger partial charge is 0.256 e. The van der Waals surface area contributed by atoms with Gasteiger partial charge in [-0.1, -0.05) is 11.6 Å². The van der Waals surface area contributed by atoms with E-state index in [4.69, 9.17) is 16.3 Å². The number of anilines is 1. The molecule has 1 N–H and O–H groups in total. The van der Waals surface area contributed by atoms with Gasteiger partial charge in [-0.05, 0) is 23.8 Å². The first-order chi connectivity index (χ1) is 9.22. The summed E-state index contributed by atoms with van der Waals surface area (Å²) in [7, 11) is 0. The molecule has 3 rings (SSSR count). The molecule has 2 heterocycles. The fourth-order valence-electron chi connectivity index (χ4n) is 1.89. The van der Waals surface area contributed by atoms with Crippen LogP contribution in [0.5, 0.6) is 5.75 Å². The Labute approximate surface area is 114 Å². The van der Waals surface area contributed by atoms with Gasteiger partial charge in [-0.3, -0.25) is 4.79 Å². The van der Waals surface area contributed by atoms with Crippen molar-refractivity contribution in [1.29, 1.82) is 0 Å². The van der Waals surface area contributed by atoms with Crippen LogP contribution in [0.2, 0.25) is 5.15 Å². The summed E-state index contributed by atoms with van der Waals surface area (Å²) in [6, 6.07) is 5.37. The van der Waals surface area contributed by atoms with Gasteiger partial charge >= 0.3 is 0 Å². The van der Waals surface area contributed by atoms with Crippen LogP contribution in [0.4, 0.5) is 5.82 Å². The number of amides is 1. The van der Waals surface area contributed by atoms with Gasteiger partial charge in [-0.15, -0.1) is 0 Å². The van der Waals surface area contributed by atoms with Crippen molar-refractivity contribution in [2.45, 2.75) is 6.42 Å². The summed E-state index contributed by atoms with van der Waals surface area (Å²) in [5.74, 6) is 0.986. The van der Waals surface area contributed by atoms with E-state index in [1.807, 2.05) is 12.1 Å². The van der Waals surface area contributed by atoms with Crippen LogP contribution >= 0.6 is 11.6 Å². The molecule has 1 aromatic carbocycles. The molecule has 5 nitrogen and oxygen atoms in total. The molecule has 6 heteroatoms. The molecule has 0 saturated heterocycles. The summed E-state index contributed by atoms with van der Waals surface area (Å²) in [6.07, 6.45) is 3.63. The second-order valence-corrected chi connectivity index (χ2v) is 4.49. The van der Waals surface area contributed by atoms with Crippen LogP contribution in [0.15, 0.2) is 30.6 Å². The molecule has 0 saturated carbocycles. The maximum atomic E-state index is 12.0. The van der Waals surface area contributed by atoms with Crippen LogP contribution in [-0.4, -0.2) is 22.5 Å². The number of nitrogens with zero attached hydrogens (tertiary/aromatic N) is 2. The number of hydrogen-bond donors (Lipinski definition) is 1.